The number of carbonyl (C=O) groups excluding carboxylic acids is 2. The van der Waals surface area contributed by atoms with Gasteiger partial charge in [-0.15, -0.1) is 20.4 Å². The third-order valence-corrected chi connectivity index (χ3v) is 6.33. The van der Waals surface area contributed by atoms with E-state index in [-0.39, 0.29) is 24.0 Å². The molecular formula is C20H25N7O2S2. The quantitative estimate of drug-likeness (QED) is 0.472. The number of aromatic nitrogens is 5. The third kappa shape index (κ3) is 6.34. The lowest BCUT2D eigenvalue weighted by Gasteiger charge is -2.09. The van der Waals surface area contributed by atoms with Gasteiger partial charge in [0.05, 0.1) is 12.2 Å². The Morgan fingerprint density at radius 1 is 1.10 bits per heavy atom. The monoisotopic (exact) mass is 459 g/mol. The minimum absolute atomic E-state index is 0.0918. The molecule has 0 spiro atoms. The minimum Gasteiger partial charge on any atom is -0.325 e. The largest absolute Gasteiger partial charge is 0.325 e. The second kappa shape index (κ2) is 10.5. The summed E-state index contributed by atoms with van der Waals surface area (Å²) in [6, 6.07) is 5.86. The molecule has 0 saturated carbocycles. The average molecular weight is 460 g/mol. The first-order chi connectivity index (χ1) is 14.9. The van der Waals surface area contributed by atoms with E-state index in [9.17, 15) is 9.59 Å². The molecule has 2 amide bonds. The molecule has 0 fully saturated rings. The fourth-order valence-electron chi connectivity index (χ4n) is 2.82. The van der Waals surface area contributed by atoms with Gasteiger partial charge in [-0.3, -0.25) is 14.9 Å². The van der Waals surface area contributed by atoms with Crippen molar-refractivity contribution in [2.24, 2.45) is 7.05 Å². The Labute approximate surface area is 189 Å². The Balaban J connectivity index is 1.52. The lowest BCUT2D eigenvalue weighted by Crippen LogP contribution is -2.18. The van der Waals surface area contributed by atoms with Crippen LogP contribution >= 0.6 is 23.1 Å². The number of hydrogen-bond acceptors (Lipinski definition) is 8. The molecule has 0 aliphatic rings. The van der Waals surface area contributed by atoms with Crippen LogP contribution in [0.4, 0.5) is 10.8 Å². The van der Waals surface area contributed by atoms with Crippen molar-refractivity contribution in [3.63, 3.8) is 0 Å². The molecule has 3 aromatic rings. The highest BCUT2D eigenvalue weighted by molar-refractivity contribution is 7.99. The van der Waals surface area contributed by atoms with Crippen molar-refractivity contribution in [1.29, 1.82) is 0 Å². The van der Waals surface area contributed by atoms with E-state index in [4.69, 9.17) is 0 Å². The van der Waals surface area contributed by atoms with Crippen LogP contribution in [0.25, 0.3) is 0 Å². The molecule has 0 atom stereocenters. The molecule has 11 heteroatoms. The highest BCUT2D eigenvalue weighted by atomic mass is 32.2. The lowest BCUT2D eigenvalue weighted by molar-refractivity contribution is -0.116. The van der Waals surface area contributed by atoms with Gasteiger partial charge >= 0.3 is 0 Å². The number of benzene rings is 1. The van der Waals surface area contributed by atoms with Crippen molar-refractivity contribution in [2.75, 3.05) is 16.4 Å². The molecule has 2 N–H and O–H groups in total. The Kier molecular flexibility index (Phi) is 7.75. The van der Waals surface area contributed by atoms with Gasteiger partial charge in [0.2, 0.25) is 16.9 Å². The van der Waals surface area contributed by atoms with Crippen molar-refractivity contribution < 1.29 is 9.59 Å². The molecule has 0 aliphatic carbocycles. The van der Waals surface area contributed by atoms with E-state index in [1.807, 2.05) is 32.0 Å². The highest BCUT2D eigenvalue weighted by Crippen LogP contribution is 2.20. The normalized spacial score (nSPS) is 10.8. The number of hydrogen-bond donors (Lipinski definition) is 2. The molecule has 9 nitrogen and oxygen atoms in total. The van der Waals surface area contributed by atoms with Crippen LogP contribution in [-0.2, 0) is 29.5 Å². The topological polar surface area (TPSA) is 115 Å². The van der Waals surface area contributed by atoms with Gasteiger partial charge in [0.15, 0.2) is 5.16 Å². The maximum Gasteiger partial charge on any atom is 0.236 e. The number of aryl methyl sites for hydroxylation is 3. The summed E-state index contributed by atoms with van der Waals surface area (Å²) in [6.45, 7) is 6.03. The fraction of sp³-hybridized carbons (Fsp3) is 0.400. The van der Waals surface area contributed by atoms with E-state index in [1.165, 1.54) is 23.1 Å². The molecule has 0 aliphatic heterocycles. The molecular weight excluding hydrogens is 434 g/mol. The number of amides is 2. The Morgan fingerprint density at radius 3 is 2.65 bits per heavy atom. The number of thioether (sulfide) groups is 1. The first-order valence-electron chi connectivity index (χ1n) is 9.86. The van der Waals surface area contributed by atoms with E-state index < -0.39 is 0 Å². The van der Waals surface area contributed by atoms with E-state index in [0.29, 0.717) is 16.1 Å². The number of nitrogens with zero attached hydrogens (tertiary/aromatic N) is 5. The van der Waals surface area contributed by atoms with Crippen molar-refractivity contribution in [3.05, 3.63) is 40.2 Å². The molecule has 31 heavy (non-hydrogen) atoms. The standard InChI is InChI=1S/C20H25N7O2S2/c1-5-6-18-24-25-19(31-18)22-17(29)11-30-20-26-23-15(27(20)4)10-16(28)21-14-8-7-12(2)9-13(14)3/h7-9H,5-6,10-11H2,1-4H3,(H,21,28)(H,22,25,29). The average Bonchev–Trinajstić information content (AvgIpc) is 3.29. The molecule has 2 heterocycles. The second-order valence-electron chi connectivity index (χ2n) is 7.09. The van der Waals surface area contributed by atoms with Crippen LogP contribution in [0.5, 0.6) is 0 Å². The summed E-state index contributed by atoms with van der Waals surface area (Å²) in [4.78, 5) is 24.6. The van der Waals surface area contributed by atoms with Gasteiger partial charge in [-0.05, 0) is 31.9 Å². The summed E-state index contributed by atoms with van der Waals surface area (Å²) in [5.74, 6) is 0.319. The zero-order chi connectivity index (χ0) is 22.4. The zero-order valence-corrected chi connectivity index (χ0v) is 19.6. The highest BCUT2D eigenvalue weighted by Gasteiger charge is 2.16. The second-order valence-corrected chi connectivity index (χ2v) is 9.09. The molecule has 0 unspecified atom stereocenters. The number of anilines is 2. The maximum atomic E-state index is 12.4. The maximum absolute atomic E-state index is 12.4. The van der Waals surface area contributed by atoms with Gasteiger partial charge in [-0.1, -0.05) is 47.7 Å². The van der Waals surface area contributed by atoms with Crippen LogP contribution in [-0.4, -0.2) is 42.5 Å². The van der Waals surface area contributed by atoms with Crippen LogP contribution in [0.3, 0.4) is 0 Å². The van der Waals surface area contributed by atoms with Crippen LogP contribution in [0.15, 0.2) is 23.4 Å². The summed E-state index contributed by atoms with van der Waals surface area (Å²) >= 11 is 2.63. The fourth-order valence-corrected chi connectivity index (χ4v) is 4.41. The number of nitrogens with one attached hydrogen (secondary N) is 2. The van der Waals surface area contributed by atoms with E-state index in [2.05, 4.69) is 38.0 Å². The molecule has 2 aromatic heterocycles. The van der Waals surface area contributed by atoms with E-state index in [0.717, 1.165) is 34.7 Å². The predicted molar refractivity (Wildman–Crippen MR) is 123 cm³/mol. The van der Waals surface area contributed by atoms with E-state index in [1.54, 1.807) is 11.6 Å². The van der Waals surface area contributed by atoms with Gasteiger partial charge in [-0.2, -0.15) is 0 Å². The first-order valence-corrected chi connectivity index (χ1v) is 11.7. The molecule has 0 saturated heterocycles. The molecule has 3 rings (SSSR count). The van der Waals surface area contributed by atoms with Gasteiger partial charge < -0.3 is 9.88 Å². The van der Waals surface area contributed by atoms with Gasteiger partial charge in [-0.25, -0.2) is 0 Å². The molecule has 164 valence electrons. The van der Waals surface area contributed by atoms with Crippen LogP contribution in [0, 0.1) is 13.8 Å². The van der Waals surface area contributed by atoms with Gasteiger partial charge in [0.1, 0.15) is 10.8 Å². The summed E-state index contributed by atoms with van der Waals surface area (Å²) in [6.07, 6.45) is 1.92. The van der Waals surface area contributed by atoms with Crippen molar-refractivity contribution in [3.8, 4) is 0 Å². The molecule has 0 radical (unpaired) electrons. The number of carbonyl (C=O) groups is 2. The predicted octanol–water partition coefficient (Wildman–Crippen LogP) is 3.15. The minimum atomic E-state index is -0.193. The summed E-state index contributed by atoms with van der Waals surface area (Å²) < 4.78 is 1.73. The Bertz CT molecular complexity index is 1080. The molecule has 1 aromatic carbocycles. The number of rotatable bonds is 9. The molecule has 0 bridgehead atoms. The van der Waals surface area contributed by atoms with Crippen molar-refractivity contribution in [1.82, 2.24) is 25.0 Å². The Hall–Kier alpha value is -2.79. The van der Waals surface area contributed by atoms with Gasteiger partial charge in [0.25, 0.3) is 0 Å². The third-order valence-electron chi connectivity index (χ3n) is 4.41. The van der Waals surface area contributed by atoms with Gasteiger partial charge in [0, 0.05) is 19.2 Å². The summed E-state index contributed by atoms with van der Waals surface area (Å²) in [7, 11) is 1.78. The summed E-state index contributed by atoms with van der Waals surface area (Å²) in [5.41, 5.74) is 2.93. The van der Waals surface area contributed by atoms with Crippen molar-refractivity contribution in [2.45, 2.75) is 45.2 Å². The lowest BCUT2D eigenvalue weighted by atomic mass is 10.1. The smallest absolute Gasteiger partial charge is 0.236 e. The van der Waals surface area contributed by atoms with Crippen LogP contribution in [0.2, 0.25) is 0 Å². The SMILES string of the molecule is CCCc1nnc(NC(=O)CSc2nnc(CC(=O)Nc3ccc(C)cc3C)n2C)s1. The van der Waals surface area contributed by atoms with Crippen LogP contribution < -0.4 is 10.6 Å². The first kappa shape index (κ1) is 22.9. The van der Waals surface area contributed by atoms with Crippen LogP contribution in [0.1, 0.15) is 35.3 Å². The summed E-state index contributed by atoms with van der Waals surface area (Å²) in [5, 5.41) is 23.8. The zero-order valence-electron chi connectivity index (χ0n) is 17.9. The van der Waals surface area contributed by atoms with E-state index >= 15 is 0 Å². The van der Waals surface area contributed by atoms with Crippen molar-refractivity contribution >= 4 is 45.7 Å². The Morgan fingerprint density at radius 2 is 1.90 bits per heavy atom.